The highest BCUT2D eigenvalue weighted by Crippen LogP contribution is 2.30. The van der Waals surface area contributed by atoms with E-state index in [0.29, 0.717) is 23.0 Å². The van der Waals surface area contributed by atoms with Crippen LogP contribution in [0.4, 0.5) is 22.7 Å². The first-order valence-corrected chi connectivity index (χ1v) is 14.8. The molecule has 6 aromatic carbocycles. The van der Waals surface area contributed by atoms with Gasteiger partial charge in [0, 0.05) is 24.9 Å². The monoisotopic (exact) mass is 596 g/mol. The summed E-state index contributed by atoms with van der Waals surface area (Å²) in [4.78, 5) is 19.0. The predicted octanol–water partition coefficient (Wildman–Crippen LogP) is 10.6. The molecule has 0 aromatic heterocycles. The minimum absolute atomic E-state index is 0.705. The fourth-order valence-electron chi connectivity index (χ4n) is 4.85. The van der Waals surface area contributed by atoms with Crippen molar-refractivity contribution in [3.8, 4) is 23.0 Å². The van der Waals surface area contributed by atoms with E-state index in [2.05, 4.69) is 0 Å². The van der Waals surface area contributed by atoms with Crippen molar-refractivity contribution in [3.05, 3.63) is 168 Å². The average Bonchev–Trinajstić information content (AvgIpc) is 3.09. The third-order valence-corrected chi connectivity index (χ3v) is 7.08. The molecular weight excluding hydrogens is 568 g/mol. The molecule has 0 saturated carbocycles. The number of ether oxygens (including phenoxy) is 2. The molecule has 0 radical (unpaired) electrons. The molecule has 0 atom stereocenters. The molecule has 6 nitrogen and oxygen atoms in total. The van der Waals surface area contributed by atoms with E-state index in [0.717, 1.165) is 45.0 Å². The van der Waals surface area contributed by atoms with Gasteiger partial charge in [-0.3, -0.25) is 20.0 Å². The molecule has 7 rings (SSSR count). The number of hydrogen-bond acceptors (Lipinski definition) is 6. The lowest BCUT2D eigenvalue weighted by molar-refractivity contribution is 0.482. The van der Waals surface area contributed by atoms with Gasteiger partial charge in [0.15, 0.2) is 0 Å². The molecule has 46 heavy (non-hydrogen) atoms. The highest BCUT2D eigenvalue weighted by molar-refractivity contribution is 5.88. The second-order valence-corrected chi connectivity index (χ2v) is 10.5. The molecule has 0 spiro atoms. The van der Waals surface area contributed by atoms with Gasteiger partial charge in [-0.05, 0) is 95.1 Å². The van der Waals surface area contributed by atoms with Crippen LogP contribution in [0.3, 0.4) is 0 Å². The van der Waals surface area contributed by atoms with Gasteiger partial charge in [-0.15, -0.1) is 0 Å². The molecule has 1 aliphatic rings. The van der Waals surface area contributed by atoms with Crippen molar-refractivity contribution in [1.29, 1.82) is 0 Å². The van der Waals surface area contributed by atoms with E-state index >= 15 is 0 Å². The van der Waals surface area contributed by atoms with Crippen LogP contribution in [0, 0.1) is 0 Å². The Bertz CT molecular complexity index is 1830. The smallest absolute Gasteiger partial charge is 0.128 e. The highest BCUT2D eigenvalue weighted by atomic mass is 16.5. The van der Waals surface area contributed by atoms with Crippen LogP contribution in [0.25, 0.3) is 0 Å². The summed E-state index contributed by atoms with van der Waals surface area (Å²) in [7, 11) is 0. The molecule has 0 fully saturated rings. The summed E-state index contributed by atoms with van der Waals surface area (Å²) in [6.45, 7) is 0. The van der Waals surface area contributed by atoms with Crippen molar-refractivity contribution in [2.75, 3.05) is 0 Å². The van der Waals surface area contributed by atoms with Crippen molar-refractivity contribution < 1.29 is 9.47 Å². The van der Waals surface area contributed by atoms with Crippen molar-refractivity contribution in [2.45, 2.75) is 0 Å². The zero-order valence-corrected chi connectivity index (χ0v) is 24.8. The van der Waals surface area contributed by atoms with Crippen molar-refractivity contribution in [3.63, 3.8) is 0 Å². The maximum absolute atomic E-state index is 6.22. The molecule has 6 aromatic rings. The lowest BCUT2D eigenvalue weighted by Gasteiger charge is -2.08. The second-order valence-electron chi connectivity index (χ2n) is 10.5. The Hall–Kier alpha value is -6.40. The topological polar surface area (TPSA) is 67.9 Å². The Morgan fingerprint density at radius 2 is 0.543 bits per heavy atom. The second kappa shape index (κ2) is 13.5. The van der Waals surface area contributed by atoms with Crippen LogP contribution in [0.2, 0.25) is 0 Å². The van der Waals surface area contributed by atoms with E-state index in [4.69, 9.17) is 29.4 Å². The van der Waals surface area contributed by atoms with E-state index < -0.39 is 0 Å². The van der Waals surface area contributed by atoms with Crippen LogP contribution >= 0.6 is 0 Å². The third-order valence-electron chi connectivity index (χ3n) is 7.08. The molecule has 0 amide bonds. The van der Waals surface area contributed by atoms with E-state index in [-0.39, 0.29) is 0 Å². The summed E-state index contributed by atoms with van der Waals surface area (Å²) >= 11 is 0. The van der Waals surface area contributed by atoms with Crippen LogP contribution in [-0.4, -0.2) is 24.9 Å². The Labute approximate surface area is 267 Å². The molecule has 8 bridgehead atoms. The number of benzene rings is 6. The molecule has 0 N–H and O–H groups in total. The molecule has 0 aliphatic carbocycles. The van der Waals surface area contributed by atoms with Crippen molar-refractivity contribution in [2.24, 2.45) is 20.0 Å². The lowest BCUT2D eigenvalue weighted by atomic mass is 10.2. The normalized spacial score (nSPS) is 12.3. The summed E-state index contributed by atoms with van der Waals surface area (Å²) < 4.78 is 12.4. The highest BCUT2D eigenvalue weighted by Gasteiger charge is 2.04. The SMILES string of the molecule is C1=Nc2ccccc2N=Cc2cccc(c2)Oc2cccc(c2)C=Nc2ccccc2N=Cc2cccc(c2)Oc2cccc1c2. The third kappa shape index (κ3) is 7.21. The number of rotatable bonds is 0. The van der Waals surface area contributed by atoms with Crippen LogP contribution in [0.15, 0.2) is 166 Å². The maximum atomic E-state index is 6.22. The van der Waals surface area contributed by atoms with Gasteiger partial charge in [0.25, 0.3) is 0 Å². The molecule has 1 heterocycles. The Kier molecular flexibility index (Phi) is 8.32. The summed E-state index contributed by atoms with van der Waals surface area (Å²) in [5.41, 5.74) is 6.64. The van der Waals surface area contributed by atoms with E-state index in [9.17, 15) is 0 Å². The van der Waals surface area contributed by atoms with Gasteiger partial charge in [0.05, 0.1) is 22.7 Å². The Balaban J connectivity index is 1.27. The molecule has 0 unspecified atom stereocenters. The average molecular weight is 597 g/mol. The van der Waals surface area contributed by atoms with Crippen LogP contribution < -0.4 is 9.47 Å². The molecule has 6 heteroatoms. The zero-order chi connectivity index (χ0) is 31.0. The number of aliphatic imine (C=N–C) groups is 4. The van der Waals surface area contributed by atoms with Gasteiger partial charge >= 0.3 is 0 Å². The molecule has 220 valence electrons. The molecule has 0 saturated heterocycles. The van der Waals surface area contributed by atoms with E-state index in [1.165, 1.54) is 0 Å². The Morgan fingerprint density at radius 1 is 0.283 bits per heavy atom. The standard InChI is InChI=1S/C40H28N4O2/c1-2-18-38-37(17-1)41-25-29-9-5-13-33(21-29)45-35-15-7-11-31(23-35)27-43-39-19-3-4-20-40(39)44-28-32-12-8-16-36(24-32)46-34-14-6-10-30(22-34)26-42-38/h1-28H. The number of fused-ring (bicyclic) bond motifs is 10. The first kappa shape index (κ1) is 28.4. The fourth-order valence-corrected chi connectivity index (χ4v) is 4.85. The number of para-hydroxylation sites is 4. The minimum atomic E-state index is 0.705. The predicted molar refractivity (Wildman–Crippen MR) is 188 cm³/mol. The quantitative estimate of drug-likeness (QED) is 0.175. The van der Waals surface area contributed by atoms with Gasteiger partial charge in [-0.25, -0.2) is 0 Å². The van der Waals surface area contributed by atoms with Crippen molar-refractivity contribution in [1.82, 2.24) is 0 Å². The summed E-state index contributed by atoms with van der Waals surface area (Å²) in [6.07, 6.45) is 7.27. The fraction of sp³-hybridized carbons (Fsp3) is 0. The summed E-state index contributed by atoms with van der Waals surface area (Å²) in [5.74, 6) is 2.82. The largest absolute Gasteiger partial charge is 0.457 e. The molecule has 1 aliphatic heterocycles. The number of hydrogen-bond donors (Lipinski definition) is 0. The molecular formula is C40H28N4O2. The summed E-state index contributed by atoms with van der Waals surface area (Å²) in [6, 6.07) is 46.8. The lowest BCUT2D eigenvalue weighted by Crippen LogP contribution is -1.89. The first-order valence-electron chi connectivity index (χ1n) is 14.8. The van der Waals surface area contributed by atoms with Crippen LogP contribution in [0.5, 0.6) is 23.0 Å². The maximum Gasteiger partial charge on any atom is 0.128 e. The van der Waals surface area contributed by atoms with Crippen LogP contribution in [-0.2, 0) is 0 Å². The van der Waals surface area contributed by atoms with E-state index in [1.807, 2.05) is 170 Å². The van der Waals surface area contributed by atoms with Crippen molar-refractivity contribution >= 4 is 47.6 Å². The summed E-state index contributed by atoms with van der Waals surface area (Å²) in [5, 5.41) is 0. The van der Waals surface area contributed by atoms with Gasteiger partial charge < -0.3 is 9.47 Å². The van der Waals surface area contributed by atoms with Gasteiger partial charge in [0.2, 0.25) is 0 Å². The minimum Gasteiger partial charge on any atom is -0.457 e. The van der Waals surface area contributed by atoms with Gasteiger partial charge in [0.1, 0.15) is 23.0 Å². The zero-order valence-electron chi connectivity index (χ0n) is 24.8. The van der Waals surface area contributed by atoms with Crippen LogP contribution in [0.1, 0.15) is 22.3 Å². The van der Waals surface area contributed by atoms with Gasteiger partial charge in [-0.2, -0.15) is 0 Å². The van der Waals surface area contributed by atoms with Gasteiger partial charge in [-0.1, -0.05) is 72.8 Å². The van der Waals surface area contributed by atoms with E-state index in [1.54, 1.807) is 0 Å². The Morgan fingerprint density at radius 3 is 0.804 bits per heavy atom. The number of nitrogens with zero attached hydrogens (tertiary/aromatic N) is 4. The first-order chi connectivity index (χ1) is 22.7.